The van der Waals surface area contributed by atoms with E-state index in [1.807, 2.05) is 0 Å². The summed E-state index contributed by atoms with van der Waals surface area (Å²) in [5.41, 5.74) is -0.0251. The van der Waals surface area contributed by atoms with Gasteiger partial charge in [-0.3, -0.25) is 4.79 Å². The van der Waals surface area contributed by atoms with E-state index in [-0.39, 0.29) is 149 Å². The van der Waals surface area contributed by atoms with Gasteiger partial charge in [-0.05, 0) is 47.9 Å². The monoisotopic (exact) mass is 709 g/mol. The molecule has 0 bridgehead atoms. The molecule has 42 heavy (non-hydrogen) atoms. The number of nitrogens with zero attached hydrogens (tertiary/aromatic N) is 1. The van der Waals surface area contributed by atoms with Crippen LogP contribution in [0.4, 0.5) is 0 Å². The van der Waals surface area contributed by atoms with E-state index in [9.17, 15) is 56.7 Å². The van der Waals surface area contributed by atoms with E-state index in [4.69, 9.17) is 0 Å². The summed E-state index contributed by atoms with van der Waals surface area (Å²) in [5.74, 6) is -4.87. The Bertz CT molecular complexity index is 1730. The molecule has 0 atom stereocenters. The molecule has 0 saturated carbocycles. The third-order valence-electron chi connectivity index (χ3n) is 4.52. The summed E-state index contributed by atoms with van der Waals surface area (Å²) in [7, 11) is -21.8. The summed E-state index contributed by atoms with van der Waals surface area (Å²) in [4.78, 5) is 14.1. The fourth-order valence-corrected chi connectivity index (χ4v) is 4.67. The first-order valence-electron chi connectivity index (χ1n) is 9.39. The number of hydrogen-bond acceptors (Lipinski definition) is 17. The minimum Gasteiger partial charge on any atom is -0.716 e. The molecule has 0 unspecified atom stereocenters. The van der Waals surface area contributed by atoms with E-state index in [0.717, 1.165) is 23.1 Å². The van der Waals surface area contributed by atoms with Crippen molar-refractivity contribution in [3.05, 3.63) is 47.0 Å². The van der Waals surface area contributed by atoms with Crippen molar-refractivity contribution in [2.45, 2.75) is 13.0 Å². The van der Waals surface area contributed by atoms with Gasteiger partial charge in [-0.15, -0.1) is 0 Å². The minimum absolute atomic E-state index is 0. The van der Waals surface area contributed by atoms with Crippen LogP contribution in [0.15, 0.2) is 30.3 Å². The first-order valence-corrected chi connectivity index (χ1v) is 14.7. The zero-order valence-electron chi connectivity index (χ0n) is 22.0. The summed E-state index contributed by atoms with van der Waals surface area (Å²) in [6.07, 6.45) is -0.0470. The zero-order valence-corrected chi connectivity index (χ0v) is 33.3. The van der Waals surface area contributed by atoms with Gasteiger partial charge in [0.2, 0.25) is 0 Å². The second-order valence-electron chi connectivity index (χ2n) is 7.17. The van der Waals surface area contributed by atoms with Gasteiger partial charge in [-0.2, -0.15) is 0 Å². The third kappa shape index (κ3) is 14.5. The molecule has 0 saturated heterocycles. The van der Waals surface area contributed by atoms with Gasteiger partial charge in [0.25, 0.3) is 47.5 Å². The first-order chi connectivity index (χ1) is 17.2. The van der Waals surface area contributed by atoms with Gasteiger partial charge in [-0.1, -0.05) is 0 Å². The molecule has 0 aliphatic carbocycles. The molecule has 26 heteroatoms. The van der Waals surface area contributed by atoms with Crippen molar-refractivity contribution in [2.75, 3.05) is 6.54 Å². The molecular formula is C16H11NNa4O17S4. The van der Waals surface area contributed by atoms with Crippen LogP contribution >= 0.6 is 0 Å². The molecule has 0 N–H and O–H groups in total. The Morgan fingerprint density at radius 3 is 1.40 bits per heavy atom. The van der Waals surface area contributed by atoms with Crippen molar-refractivity contribution in [3.8, 4) is 23.0 Å². The van der Waals surface area contributed by atoms with Gasteiger partial charge in [0.15, 0.2) is 23.0 Å². The number of rotatable bonds is 9. The van der Waals surface area contributed by atoms with E-state index >= 15 is 0 Å². The molecule has 2 aromatic carbocycles. The average Bonchev–Trinajstić information content (AvgIpc) is 2.70. The van der Waals surface area contributed by atoms with Gasteiger partial charge in [0.1, 0.15) is 0 Å². The van der Waals surface area contributed by atoms with Crippen LogP contribution in [0.3, 0.4) is 0 Å². The van der Waals surface area contributed by atoms with E-state index in [1.165, 1.54) is 0 Å². The summed E-state index contributed by atoms with van der Waals surface area (Å²) >= 11 is 0. The third-order valence-corrected chi connectivity index (χ3v) is 6.06. The molecule has 0 fully saturated rings. The second-order valence-corrected chi connectivity index (χ2v) is 11.1. The smallest absolute Gasteiger partial charge is 0.716 e. The van der Waals surface area contributed by atoms with Crippen molar-refractivity contribution in [3.63, 3.8) is 0 Å². The van der Waals surface area contributed by atoms with E-state index < -0.39 is 76.1 Å². The first kappa shape index (κ1) is 44.9. The van der Waals surface area contributed by atoms with Gasteiger partial charge >= 0.3 is 118 Å². The largest absolute Gasteiger partial charge is 1.00 e. The Kier molecular flexibility index (Phi) is 18.2. The van der Waals surface area contributed by atoms with Crippen LogP contribution in [0.25, 0.3) is 0 Å². The zero-order chi connectivity index (χ0) is 28.7. The standard InChI is InChI=1S/C16H15NO17S4.4Na/c18-16(10-1-2-12(31-35(19,20)21)13(6-10)32-36(22,23)24)17-4-3-9-5-14(33-37(25,26)27)15(7-11(9)8-17)34-38(28,29)30;;;;/h1-2,5-7H,3-4,8H2,(H,19,20,21)(H,22,23,24)(H,25,26,27)(H,28,29,30);;;;/q;4*+1/p-4. The summed E-state index contributed by atoms with van der Waals surface area (Å²) in [6.45, 7) is -0.463. The molecule has 3 rings (SSSR count). The topological polar surface area (TPSA) is 286 Å². The van der Waals surface area contributed by atoms with Crippen LogP contribution < -0.4 is 135 Å². The average molecular weight is 709 g/mol. The number of benzene rings is 2. The molecule has 210 valence electrons. The molecule has 18 nitrogen and oxygen atoms in total. The quantitative estimate of drug-likeness (QED) is 0.133. The molecule has 1 aliphatic heterocycles. The Hall–Kier alpha value is 0.750. The van der Waals surface area contributed by atoms with Gasteiger partial charge < -0.3 is 39.8 Å². The normalized spacial score (nSPS) is 13.0. The van der Waals surface area contributed by atoms with Crippen LogP contribution in [0, 0.1) is 0 Å². The number of carbonyl (C=O) groups is 1. The van der Waals surface area contributed by atoms with Crippen molar-refractivity contribution in [2.24, 2.45) is 0 Å². The van der Waals surface area contributed by atoms with Crippen LogP contribution in [-0.4, -0.2) is 69.2 Å². The van der Waals surface area contributed by atoms with E-state index in [2.05, 4.69) is 16.7 Å². The summed E-state index contributed by atoms with van der Waals surface area (Å²) in [6, 6.07) is 3.91. The number of carbonyl (C=O) groups excluding carboxylic acids is 1. The molecule has 1 heterocycles. The Balaban J connectivity index is 0. The maximum atomic E-state index is 13.0. The van der Waals surface area contributed by atoms with Crippen LogP contribution in [0.5, 0.6) is 23.0 Å². The molecule has 1 amide bonds. The molecule has 1 aliphatic rings. The molecule has 0 spiro atoms. The SMILES string of the molecule is O=C(c1ccc(OS(=O)(=O)[O-])c(OS(=O)(=O)[O-])c1)N1CCc2cc(OS(=O)(=O)[O-])c(OS(=O)(=O)[O-])cc2C1.[Na+].[Na+].[Na+].[Na+]. The Labute approximate surface area is 328 Å². The van der Waals surface area contributed by atoms with Crippen molar-refractivity contribution in [1.29, 1.82) is 0 Å². The fourth-order valence-electron chi connectivity index (χ4n) is 3.27. The predicted molar refractivity (Wildman–Crippen MR) is 113 cm³/mol. The number of hydrogen-bond donors (Lipinski definition) is 0. The van der Waals surface area contributed by atoms with Gasteiger partial charge in [0, 0.05) is 18.7 Å². The van der Waals surface area contributed by atoms with Crippen LogP contribution in [-0.2, 0) is 54.6 Å². The predicted octanol–water partition coefficient (Wildman–Crippen LogP) is -13.7. The summed E-state index contributed by atoms with van der Waals surface area (Å²) in [5, 5.41) is 0. The number of amides is 1. The Morgan fingerprint density at radius 1 is 0.595 bits per heavy atom. The maximum Gasteiger partial charge on any atom is 1.00 e. The molecule has 2 aromatic rings. The van der Waals surface area contributed by atoms with Gasteiger partial charge in [0.05, 0.1) is 0 Å². The summed E-state index contributed by atoms with van der Waals surface area (Å²) < 4.78 is 148. The molecule has 0 radical (unpaired) electrons. The Morgan fingerprint density at radius 2 is 0.976 bits per heavy atom. The second kappa shape index (κ2) is 17.1. The fraction of sp³-hybridized carbons (Fsp3) is 0.188. The van der Waals surface area contributed by atoms with Crippen molar-refractivity contribution in [1.82, 2.24) is 4.90 Å². The number of fused-ring (bicyclic) bond motifs is 1. The van der Waals surface area contributed by atoms with Crippen LogP contribution in [0.1, 0.15) is 21.5 Å². The minimum atomic E-state index is -5.52. The van der Waals surface area contributed by atoms with Crippen LogP contribution in [0.2, 0.25) is 0 Å². The van der Waals surface area contributed by atoms with E-state index in [1.54, 1.807) is 0 Å². The van der Waals surface area contributed by atoms with E-state index in [0.29, 0.717) is 12.1 Å². The maximum absolute atomic E-state index is 13.0. The molecule has 0 aromatic heterocycles. The van der Waals surface area contributed by atoms with Crippen molar-refractivity contribution >= 4 is 47.5 Å². The van der Waals surface area contributed by atoms with Crippen molar-refractivity contribution < 1.29 is 192 Å². The van der Waals surface area contributed by atoms with Gasteiger partial charge in [-0.25, -0.2) is 33.7 Å². The molecular weight excluding hydrogens is 698 g/mol.